The van der Waals surface area contributed by atoms with Gasteiger partial charge in [0, 0.05) is 6.42 Å². The van der Waals surface area contributed by atoms with Crippen molar-refractivity contribution in [2.75, 3.05) is 0 Å². The van der Waals surface area contributed by atoms with Crippen LogP contribution in [0, 0.1) is 0 Å². The van der Waals surface area contributed by atoms with Crippen molar-refractivity contribution in [3.63, 3.8) is 0 Å². The lowest BCUT2D eigenvalue weighted by molar-refractivity contribution is -0.120. The number of carbonyl (C=O) groups is 1. The molecular weight excluding hydrogens is 247 g/mol. The summed E-state index contributed by atoms with van der Waals surface area (Å²) >= 11 is 0. The van der Waals surface area contributed by atoms with Crippen LogP contribution in [0.5, 0.6) is 0 Å². The molecule has 96 valence electrons. The molecule has 0 aliphatic rings. The first kappa shape index (κ1) is 15.2. The molecular formula is C8H14F3NO3S. The predicted octanol–water partition coefficient (Wildman–Crippen LogP) is 1.92. The Morgan fingerprint density at radius 2 is 1.75 bits per heavy atom. The number of hydrogen-bond donors (Lipinski definition) is 1. The molecule has 0 aromatic carbocycles. The minimum absolute atomic E-state index is 0.213. The van der Waals surface area contributed by atoms with E-state index in [0.717, 1.165) is 17.6 Å². The Labute approximate surface area is 92.3 Å². The Kier molecular flexibility index (Phi) is 5.77. The molecule has 0 spiro atoms. The summed E-state index contributed by atoms with van der Waals surface area (Å²) in [5, 5.41) is 0. The summed E-state index contributed by atoms with van der Waals surface area (Å²) < 4.78 is 57.5. The van der Waals surface area contributed by atoms with E-state index in [0.29, 0.717) is 12.8 Å². The highest BCUT2D eigenvalue weighted by Gasteiger charge is 2.46. The van der Waals surface area contributed by atoms with Gasteiger partial charge in [-0.1, -0.05) is 26.2 Å². The van der Waals surface area contributed by atoms with Crippen LogP contribution in [-0.2, 0) is 14.8 Å². The summed E-state index contributed by atoms with van der Waals surface area (Å²) in [6.45, 7) is 1.94. The van der Waals surface area contributed by atoms with Crippen molar-refractivity contribution in [3.05, 3.63) is 0 Å². The molecule has 1 N–H and O–H groups in total. The van der Waals surface area contributed by atoms with Gasteiger partial charge >= 0.3 is 15.5 Å². The smallest absolute Gasteiger partial charge is 0.274 e. The lowest BCUT2D eigenvalue weighted by Crippen LogP contribution is -2.40. The van der Waals surface area contributed by atoms with E-state index in [-0.39, 0.29) is 6.42 Å². The highest BCUT2D eigenvalue weighted by molar-refractivity contribution is 7.90. The second-order valence-corrected chi connectivity index (χ2v) is 4.96. The molecule has 0 radical (unpaired) electrons. The van der Waals surface area contributed by atoms with Gasteiger partial charge in [-0.25, -0.2) is 4.72 Å². The Morgan fingerprint density at radius 1 is 1.19 bits per heavy atom. The van der Waals surface area contributed by atoms with Gasteiger partial charge < -0.3 is 0 Å². The predicted molar refractivity (Wildman–Crippen MR) is 51.9 cm³/mol. The van der Waals surface area contributed by atoms with Crippen molar-refractivity contribution in [1.29, 1.82) is 0 Å². The Hall–Kier alpha value is -0.790. The third-order valence-corrected chi connectivity index (χ3v) is 2.92. The second-order valence-electron chi connectivity index (χ2n) is 3.29. The van der Waals surface area contributed by atoms with E-state index in [2.05, 4.69) is 0 Å². The summed E-state index contributed by atoms with van der Waals surface area (Å²) in [6, 6.07) is 0. The largest absolute Gasteiger partial charge is 0.516 e. The van der Waals surface area contributed by atoms with Crippen molar-refractivity contribution >= 4 is 15.9 Å². The van der Waals surface area contributed by atoms with E-state index < -0.39 is 21.4 Å². The molecule has 8 heteroatoms. The first-order valence-electron chi connectivity index (χ1n) is 4.82. The van der Waals surface area contributed by atoms with Crippen molar-refractivity contribution in [1.82, 2.24) is 4.72 Å². The maximum atomic E-state index is 11.8. The summed E-state index contributed by atoms with van der Waals surface area (Å²) in [6.07, 6.45) is 2.64. The lowest BCUT2D eigenvalue weighted by atomic mass is 10.1. The normalized spacial score (nSPS) is 12.5. The molecule has 0 aromatic rings. The Bertz CT molecular complexity index is 324. The average Bonchev–Trinajstić information content (AvgIpc) is 2.10. The number of rotatable bonds is 6. The summed E-state index contributed by atoms with van der Waals surface area (Å²) in [4.78, 5) is 10.9. The molecule has 0 rings (SSSR count). The number of carbonyl (C=O) groups excluding carboxylic acids is 1. The van der Waals surface area contributed by atoms with E-state index in [1.165, 1.54) is 0 Å². The van der Waals surface area contributed by atoms with E-state index in [4.69, 9.17) is 0 Å². The zero-order valence-corrected chi connectivity index (χ0v) is 9.62. The van der Waals surface area contributed by atoms with Gasteiger partial charge in [0.1, 0.15) is 0 Å². The van der Waals surface area contributed by atoms with Crippen molar-refractivity contribution < 1.29 is 26.4 Å². The summed E-state index contributed by atoms with van der Waals surface area (Å²) in [5.74, 6) is -1.12. The highest BCUT2D eigenvalue weighted by Crippen LogP contribution is 2.21. The standard InChI is InChI=1S/C8H14F3NO3S/c1-2-3-4-5-6-7(13)12-16(14,15)8(9,10)11/h2-6H2,1H3,(H,12,13). The molecule has 0 atom stereocenters. The molecule has 0 heterocycles. The maximum Gasteiger partial charge on any atom is 0.516 e. The van der Waals surface area contributed by atoms with Gasteiger partial charge in [0.25, 0.3) is 0 Å². The number of amides is 1. The van der Waals surface area contributed by atoms with Gasteiger partial charge in [-0.05, 0) is 6.42 Å². The van der Waals surface area contributed by atoms with Crippen LogP contribution in [0.1, 0.15) is 39.0 Å². The number of halogens is 3. The molecule has 16 heavy (non-hydrogen) atoms. The van der Waals surface area contributed by atoms with E-state index in [9.17, 15) is 26.4 Å². The molecule has 1 amide bonds. The number of unbranched alkanes of at least 4 members (excludes halogenated alkanes) is 3. The molecule has 0 bridgehead atoms. The monoisotopic (exact) mass is 261 g/mol. The van der Waals surface area contributed by atoms with Crippen LogP contribution in [0.3, 0.4) is 0 Å². The molecule has 0 saturated heterocycles. The average molecular weight is 261 g/mol. The number of nitrogens with one attached hydrogen (secondary N) is 1. The first-order valence-corrected chi connectivity index (χ1v) is 6.31. The molecule has 0 unspecified atom stereocenters. The van der Waals surface area contributed by atoms with Gasteiger partial charge in [0.15, 0.2) is 0 Å². The van der Waals surface area contributed by atoms with Gasteiger partial charge in [0.2, 0.25) is 5.91 Å². The number of sulfonamides is 1. The molecule has 0 aromatic heterocycles. The minimum Gasteiger partial charge on any atom is -0.274 e. The van der Waals surface area contributed by atoms with Crippen LogP contribution in [0.2, 0.25) is 0 Å². The zero-order chi connectivity index (χ0) is 12.8. The molecule has 0 saturated carbocycles. The molecule has 0 aliphatic carbocycles. The first-order chi connectivity index (χ1) is 7.20. The third kappa shape index (κ3) is 5.34. The number of hydrogen-bond acceptors (Lipinski definition) is 3. The van der Waals surface area contributed by atoms with Crippen molar-refractivity contribution in [2.45, 2.75) is 44.5 Å². The van der Waals surface area contributed by atoms with E-state index in [1.807, 2.05) is 6.92 Å². The fourth-order valence-electron chi connectivity index (χ4n) is 0.971. The number of alkyl halides is 3. The SMILES string of the molecule is CCCCCCC(=O)NS(=O)(=O)C(F)(F)F. The third-order valence-electron chi connectivity index (χ3n) is 1.81. The van der Waals surface area contributed by atoms with Crippen LogP contribution in [0.15, 0.2) is 0 Å². The topological polar surface area (TPSA) is 63.2 Å². The summed E-state index contributed by atoms with van der Waals surface area (Å²) in [7, 11) is -5.54. The Balaban J connectivity index is 4.07. The van der Waals surface area contributed by atoms with Crippen LogP contribution >= 0.6 is 0 Å². The van der Waals surface area contributed by atoms with Crippen molar-refractivity contribution in [2.24, 2.45) is 0 Å². The van der Waals surface area contributed by atoms with Gasteiger partial charge in [-0.3, -0.25) is 4.79 Å². The summed E-state index contributed by atoms with van der Waals surface area (Å²) in [5.41, 5.74) is -5.44. The van der Waals surface area contributed by atoms with Crippen molar-refractivity contribution in [3.8, 4) is 0 Å². The van der Waals surface area contributed by atoms with E-state index in [1.54, 1.807) is 0 Å². The minimum atomic E-state index is -5.54. The maximum absolute atomic E-state index is 11.8. The van der Waals surface area contributed by atoms with Gasteiger partial charge in [-0.15, -0.1) is 0 Å². The molecule has 4 nitrogen and oxygen atoms in total. The fraction of sp³-hybridized carbons (Fsp3) is 0.875. The fourth-order valence-corrected chi connectivity index (χ4v) is 1.49. The Morgan fingerprint density at radius 3 is 2.19 bits per heavy atom. The van der Waals surface area contributed by atoms with Crippen LogP contribution < -0.4 is 4.72 Å². The second kappa shape index (κ2) is 6.07. The lowest BCUT2D eigenvalue weighted by Gasteiger charge is -2.08. The molecule has 0 aliphatic heterocycles. The van der Waals surface area contributed by atoms with Crippen LogP contribution in [0.25, 0.3) is 0 Å². The van der Waals surface area contributed by atoms with Crippen LogP contribution in [-0.4, -0.2) is 19.8 Å². The van der Waals surface area contributed by atoms with Gasteiger partial charge in [0.05, 0.1) is 0 Å². The quantitative estimate of drug-likeness (QED) is 0.743. The van der Waals surface area contributed by atoms with Crippen LogP contribution in [0.4, 0.5) is 13.2 Å². The van der Waals surface area contributed by atoms with Gasteiger partial charge in [-0.2, -0.15) is 21.6 Å². The highest BCUT2D eigenvalue weighted by atomic mass is 32.2. The van der Waals surface area contributed by atoms with E-state index >= 15 is 0 Å². The zero-order valence-electron chi connectivity index (χ0n) is 8.80. The molecule has 0 fully saturated rings.